The van der Waals surface area contributed by atoms with Crippen molar-refractivity contribution in [1.29, 1.82) is 0 Å². The van der Waals surface area contributed by atoms with Gasteiger partial charge in [0, 0.05) is 31.1 Å². The van der Waals surface area contributed by atoms with E-state index in [0.717, 1.165) is 16.7 Å². The predicted molar refractivity (Wildman–Crippen MR) is 129 cm³/mol. The zero-order chi connectivity index (χ0) is 23.1. The smallest absolute Gasteiger partial charge is 0.260 e. The van der Waals surface area contributed by atoms with Gasteiger partial charge in [-0.2, -0.15) is 0 Å². The van der Waals surface area contributed by atoms with Gasteiger partial charge in [0.25, 0.3) is 5.56 Å². The van der Waals surface area contributed by atoms with Crippen molar-refractivity contribution in [2.24, 2.45) is 0 Å². The first-order valence-electron chi connectivity index (χ1n) is 10.6. The summed E-state index contributed by atoms with van der Waals surface area (Å²) >= 11 is 1.47. The van der Waals surface area contributed by atoms with Gasteiger partial charge >= 0.3 is 0 Å². The van der Waals surface area contributed by atoms with E-state index in [-0.39, 0.29) is 12.2 Å². The molecule has 0 amide bonds. The molecule has 0 saturated heterocycles. The number of H-pyrrole nitrogens is 1. The second-order valence-electron chi connectivity index (χ2n) is 7.87. The lowest BCUT2D eigenvalue weighted by molar-refractivity contribution is 0.0189. The zero-order valence-electron chi connectivity index (χ0n) is 18.9. The van der Waals surface area contributed by atoms with Gasteiger partial charge in [0.2, 0.25) is 0 Å². The van der Waals surface area contributed by atoms with Crippen molar-refractivity contribution in [3.05, 3.63) is 63.5 Å². The quantitative estimate of drug-likeness (QED) is 0.321. The van der Waals surface area contributed by atoms with Gasteiger partial charge in [-0.25, -0.2) is 4.98 Å². The van der Waals surface area contributed by atoms with E-state index in [2.05, 4.69) is 43.6 Å². The lowest BCUT2D eigenvalue weighted by Gasteiger charge is -2.24. The number of hydrogen-bond donors (Lipinski definition) is 2. The Balaban J connectivity index is 1.83. The van der Waals surface area contributed by atoms with Crippen LogP contribution in [0.4, 0.5) is 0 Å². The number of aliphatic hydroxyl groups excluding tert-OH is 1. The molecule has 0 radical (unpaired) electrons. The lowest BCUT2D eigenvalue weighted by atomic mass is 9.99. The summed E-state index contributed by atoms with van der Waals surface area (Å²) in [7, 11) is 1.63. The van der Waals surface area contributed by atoms with E-state index in [1.165, 1.54) is 16.9 Å². The van der Waals surface area contributed by atoms with Crippen molar-refractivity contribution < 1.29 is 14.6 Å². The maximum Gasteiger partial charge on any atom is 0.260 e. The number of benzene rings is 1. The van der Waals surface area contributed by atoms with Gasteiger partial charge in [0.15, 0.2) is 0 Å². The second-order valence-corrected chi connectivity index (χ2v) is 8.73. The summed E-state index contributed by atoms with van der Waals surface area (Å²) < 4.78 is 10.5. The number of hydrogen-bond acceptors (Lipinski definition) is 7. The van der Waals surface area contributed by atoms with Crippen LogP contribution in [0.2, 0.25) is 0 Å². The van der Waals surface area contributed by atoms with E-state index in [1.54, 1.807) is 13.2 Å². The molecular formula is C24H31N3O4S. The first-order valence-corrected chi connectivity index (χ1v) is 11.5. The summed E-state index contributed by atoms with van der Waals surface area (Å²) in [4.78, 5) is 23.4. The summed E-state index contributed by atoms with van der Waals surface area (Å²) in [6.07, 6.45) is 0.979. The van der Waals surface area contributed by atoms with Gasteiger partial charge in [-0.3, -0.25) is 9.69 Å². The third-order valence-electron chi connectivity index (χ3n) is 5.16. The molecule has 7 nitrogen and oxygen atoms in total. The minimum absolute atomic E-state index is 0.150. The van der Waals surface area contributed by atoms with Gasteiger partial charge in [-0.15, -0.1) is 17.9 Å². The van der Waals surface area contributed by atoms with Gasteiger partial charge in [-0.1, -0.05) is 29.8 Å². The maximum atomic E-state index is 13.0. The third kappa shape index (κ3) is 6.11. The number of aromatic nitrogens is 2. The molecule has 3 rings (SSSR count). The van der Waals surface area contributed by atoms with Crippen LogP contribution in [0, 0.1) is 13.8 Å². The number of aryl methyl sites for hydroxylation is 2. The molecule has 3 aromatic rings. The van der Waals surface area contributed by atoms with E-state index in [1.807, 2.05) is 10.3 Å². The minimum Gasteiger partial charge on any atom is -0.389 e. The highest BCUT2D eigenvalue weighted by Gasteiger charge is 2.17. The molecule has 0 saturated carbocycles. The Kier molecular flexibility index (Phi) is 8.72. The number of thiophene rings is 1. The molecule has 0 bridgehead atoms. The molecule has 1 atom stereocenters. The first-order chi connectivity index (χ1) is 15.4. The molecule has 0 aliphatic heterocycles. The van der Waals surface area contributed by atoms with Crippen LogP contribution in [0.3, 0.4) is 0 Å². The maximum absolute atomic E-state index is 13.0. The minimum atomic E-state index is -0.667. The highest BCUT2D eigenvalue weighted by Crippen LogP contribution is 2.33. The second kappa shape index (κ2) is 11.5. The molecule has 2 aromatic heterocycles. The molecular weight excluding hydrogens is 426 g/mol. The number of aliphatic hydroxyl groups is 1. The van der Waals surface area contributed by atoms with Crippen LogP contribution in [0.15, 0.2) is 41.0 Å². The van der Waals surface area contributed by atoms with Crippen LogP contribution < -0.4 is 5.56 Å². The van der Waals surface area contributed by atoms with Crippen LogP contribution >= 0.6 is 11.3 Å². The Morgan fingerprint density at radius 1 is 1.34 bits per heavy atom. The fourth-order valence-corrected chi connectivity index (χ4v) is 4.65. The number of aromatic amines is 1. The molecule has 0 aliphatic rings. The number of methoxy groups -OCH3 is 1. The normalized spacial score (nSPS) is 12.5. The summed E-state index contributed by atoms with van der Waals surface area (Å²) in [6, 6.07) is 6.23. The van der Waals surface area contributed by atoms with Gasteiger partial charge in [0.05, 0.1) is 37.9 Å². The van der Waals surface area contributed by atoms with Crippen LogP contribution in [0.25, 0.3) is 21.3 Å². The van der Waals surface area contributed by atoms with E-state index < -0.39 is 6.10 Å². The zero-order valence-corrected chi connectivity index (χ0v) is 19.7. The molecule has 32 heavy (non-hydrogen) atoms. The fraction of sp³-hybridized carbons (Fsp3) is 0.417. The number of nitrogens with zero attached hydrogens (tertiary/aromatic N) is 2. The highest BCUT2D eigenvalue weighted by molar-refractivity contribution is 7.17. The number of nitrogens with one attached hydrogen (secondary N) is 1. The summed E-state index contributed by atoms with van der Waals surface area (Å²) in [5, 5.41) is 12.9. The highest BCUT2D eigenvalue weighted by atomic mass is 32.1. The van der Waals surface area contributed by atoms with Crippen molar-refractivity contribution in [3.63, 3.8) is 0 Å². The van der Waals surface area contributed by atoms with Gasteiger partial charge < -0.3 is 19.6 Å². The van der Waals surface area contributed by atoms with Crippen LogP contribution in [-0.4, -0.2) is 66.1 Å². The monoisotopic (exact) mass is 457 g/mol. The summed E-state index contributed by atoms with van der Waals surface area (Å²) in [6.45, 7) is 10.2. The van der Waals surface area contributed by atoms with Crippen LogP contribution in [-0.2, 0) is 16.0 Å². The van der Waals surface area contributed by atoms with E-state index in [0.29, 0.717) is 48.9 Å². The summed E-state index contributed by atoms with van der Waals surface area (Å²) in [5.41, 5.74) is 4.13. The third-order valence-corrected chi connectivity index (χ3v) is 6.04. The first kappa shape index (κ1) is 24.3. The molecule has 0 fully saturated rings. The molecule has 1 unspecified atom stereocenters. The van der Waals surface area contributed by atoms with Gasteiger partial charge in [-0.05, 0) is 25.0 Å². The lowest BCUT2D eigenvalue weighted by Crippen LogP contribution is -2.37. The van der Waals surface area contributed by atoms with Crippen molar-refractivity contribution in [3.8, 4) is 11.1 Å². The largest absolute Gasteiger partial charge is 0.389 e. The van der Waals surface area contributed by atoms with Crippen molar-refractivity contribution in [1.82, 2.24) is 14.9 Å². The molecule has 8 heteroatoms. The fourth-order valence-electron chi connectivity index (χ4n) is 3.69. The van der Waals surface area contributed by atoms with Crippen LogP contribution in [0.5, 0.6) is 0 Å². The van der Waals surface area contributed by atoms with E-state index >= 15 is 0 Å². The standard InChI is InChI=1S/C24H31N3O4S/c1-5-9-31-14-18(28)12-27(8-10-30-4)13-21-25-23(29)22-20(15-32-24(22)26-21)19-7-6-16(2)11-17(19)3/h5-7,11,15,18,28H,1,8-10,12-14H2,2-4H3,(H,25,26,29). The van der Waals surface area contributed by atoms with E-state index in [9.17, 15) is 9.90 Å². The molecule has 0 aliphatic carbocycles. The topological polar surface area (TPSA) is 87.7 Å². The Morgan fingerprint density at radius 2 is 2.16 bits per heavy atom. The molecule has 1 aromatic carbocycles. The molecule has 172 valence electrons. The Bertz CT molecular complexity index is 1110. The Hall–Kier alpha value is -2.36. The molecule has 2 N–H and O–H groups in total. The van der Waals surface area contributed by atoms with Gasteiger partial charge in [0.1, 0.15) is 10.7 Å². The van der Waals surface area contributed by atoms with E-state index in [4.69, 9.17) is 14.5 Å². The molecule has 0 spiro atoms. The Labute approximate surface area is 192 Å². The SMILES string of the molecule is C=CCOCC(O)CN(CCOC)Cc1nc2scc(-c3ccc(C)cc3C)c2c(=O)[nH]1. The van der Waals surface area contributed by atoms with Crippen molar-refractivity contribution in [2.75, 3.05) is 40.0 Å². The van der Waals surface area contributed by atoms with Crippen molar-refractivity contribution >= 4 is 21.6 Å². The van der Waals surface area contributed by atoms with Crippen LogP contribution in [0.1, 0.15) is 17.0 Å². The summed E-state index contributed by atoms with van der Waals surface area (Å²) in [5.74, 6) is 0.562. The average Bonchev–Trinajstić information content (AvgIpc) is 3.16. The molecule has 2 heterocycles. The average molecular weight is 458 g/mol. The number of rotatable bonds is 12. The van der Waals surface area contributed by atoms with Crippen molar-refractivity contribution in [2.45, 2.75) is 26.5 Å². The predicted octanol–water partition coefficient (Wildman–Crippen LogP) is 3.28. The number of ether oxygens (including phenoxy) is 2. The Morgan fingerprint density at radius 3 is 2.88 bits per heavy atom. The number of fused-ring (bicyclic) bond motifs is 1.